The SMILES string of the molecule is O=C1OC(/C=C(\c2ccc(Cl)cc2)c2ccc(N3CCCC3)cc2)(/C=C(\c2ccc(Cl)cc2)c2ccc(N3CCCC3)cc2)c2c(Cl)c(Cl)c(Cl)c(Cl)c21. The number of nitrogens with zero attached hydrogens (tertiary/aromatic N) is 2. The number of fused-ring (bicyclic) bond motifs is 1. The summed E-state index contributed by atoms with van der Waals surface area (Å²) >= 11 is 40.1. The van der Waals surface area contributed by atoms with Gasteiger partial charge >= 0.3 is 5.97 Å². The molecule has 0 bridgehead atoms. The van der Waals surface area contributed by atoms with Crippen LogP contribution in [0.4, 0.5) is 11.4 Å². The predicted octanol–water partition coefficient (Wildman–Crippen LogP) is 13.4. The zero-order chi connectivity index (χ0) is 37.6. The third kappa shape index (κ3) is 7.14. The molecule has 3 aliphatic heterocycles. The van der Waals surface area contributed by atoms with Crippen molar-refractivity contribution < 1.29 is 9.53 Å². The summed E-state index contributed by atoms with van der Waals surface area (Å²) < 4.78 is 6.55. The smallest absolute Gasteiger partial charge is 0.341 e. The van der Waals surface area contributed by atoms with Crippen LogP contribution >= 0.6 is 69.6 Å². The van der Waals surface area contributed by atoms with Gasteiger partial charge in [0, 0.05) is 53.2 Å². The van der Waals surface area contributed by atoms with E-state index in [1.807, 2.05) is 60.7 Å². The van der Waals surface area contributed by atoms with Gasteiger partial charge in [-0.15, -0.1) is 0 Å². The highest BCUT2D eigenvalue weighted by Gasteiger charge is 2.48. The molecule has 4 nitrogen and oxygen atoms in total. The number of anilines is 2. The van der Waals surface area contributed by atoms with Gasteiger partial charge in [-0.25, -0.2) is 4.79 Å². The van der Waals surface area contributed by atoms with Crippen LogP contribution < -0.4 is 9.80 Å². The van der Waals surface area contributed by atoms with Crippen LogP contribution in [0.5, 0.6) is 0 Å². The third-order valence-electron chi connectivity index (χ3n) is 10.5. The first kappa shape index (κ1) is 37.3. The molecule has 0 radical (unpaired) electrons. The predicted molar refractivity (Wildman–Crippen MR) is 226 cm³/mol. The van der Waals surface area contributed by atoms with Gasteiger partial charge in [0.1, 0.15) is 0 Å². The Bertz CT molecular complexity index is 2150. The molecular weight excluding hydrogens is 801 g/mol. The normalized spacial score (nSPS) is 17.0. The Hall–Kier alpha value is -3.61. The molecule has 5 aromatic carbocycles. The minimum Gasteiger partial charge on any atom is -0.442 e. The van der Waals surface area contributed by atoms with E-state index in [0.29, 0.717) is 15.6 Å². The molecule has 0 atom stereocenters. The molecule has 0 aliphatic carbocycles. The molecule has 54 heavy (non-hydrogen) atoms. The Labute approximate surface area is 345 Å². The van der Waals surface area contributed by atoms with Crippen LogP contribution in [0.1, 0.15) is 63.9 Å². The van der Waals surface area contributed by atoms with Crippen LogP contribution in [0, 0.1) is 0 Å². The number of cyclic esters (lactones) is 1. The highest BCUT2D eigenvalue weighted by molar-refractivity contribution is 6.53. The molecule has 2 fully saturated rings. The molecule has 3 aliphatic rings. The van der Waals surface area contributed by atoms with Gasteiger partial charge in [0.05, 0.1) is 25.7 Å². The average Bonchev–Trinajstić information content (AvgIpc) is 3.98. The molecule has 0 aromatic heterocycles. The number of carbonyl (C=O) groups is 1. The number of halogens is 6. The molecule has 2 saturated heterocycles. The molecule has 0 unspecified atom stereocenters. The minimum atomic E-state index is -1.62. The van der Waals surface area contributed by atoms with Gasteiger partial charge in [-0.05, 0) is 120 Å². The first-order chi connectivity index (χ1) is 26.1. The maximum absolute atomic E-state index is 14.1. The van der Waals surface area contributed by atoms with E-state index >= 15 is 0 Å². The number of ether oxygens (including phenoxy) is 1. The standard InChI is InChI=1S/C44H34Cl6N2O2/c45-31-13-5-27(6-14-31)35(29-9-17-33(18-10-29)51-21-1-2-22-51)25-44(38-37(43(53)54-44)39(47)41(49)42(50)40(38)48)26-36(28-7-15-32(46)16-8-28)30-11-19-34(20-12-30)52-23-3-4-24-52/h5-20,25-26H,1-4,21-24H2/b35-25+,36-26+. The van der Waals surface area contributed by atoms with Crippen LogP contribution in [0.3, 0.4) is 0 Å². The third-order valence-corrected chi connectivity index (χ3v) is 12.8. The summed E-state index contributed by atoms with van der Waals surface area (Å²) in [5.74, 6) is -0.678. The van der Waals surface area contributed by atoms with Crippen LogP contribution in [0.15, 0.2) is 109 Å². The van der Waals surface area contributed by atoms with Crippen molar-refractivity contribution in [2.75, 3.05) is 36.0 Å². The highest BCUT2D eigenvalue weighted by atomic mass is 35.5. The fourth-order valence-electron chi connectivity index (χ4n) is 7.70. The van der Waals surface area contributed by atoms with Crippen LogP contribution in [-0.2, 0) is 10.3 Å². The molecule has 274 valence electrons. The molecule has 0 amide bonds. The summed E-state index contributed by atoms with van der Waals surface area (Å²) in [6, 6.07) is 32.0. The van der Waals surface area contributed by atoms with E-state index in [2.05, 4.69) is 58.3 Å². The van der Waals surface area contributed by atoms with E-state index in [9.17, 15) is 4.79 Å². The van der Waals surface area contributed by atoms with E-state index in [1.54, 1.807) is 0 Å². The Kier molecular flexibility index (Phi) is 10.7. The van der Waals surface area contributed by atoms with Crippen molar-refractivity contribution in [2.45, 2.75) is 31.3 Å². The van der Waals surface area contributed by atoms with Crippen molar-refractivity contribution in [2.24, 2.45) is 0 Å². The van der Waals surface area contributed by atoms with Crippen LogP contribution in [-0.4, -0.2) is 32.1 Å². The van der Waals surface area contributed by atoms with Crippen LogP contribution in [0.25, 0.3) is 11.1 Å². The molecule has 5 aromatic rings. The van der Waals surface area contributed by atoms with E-state index in [1.165, 1.54) is 25.7 Å². The number of benzene rings is 5. The Morgan fingerprint density at radius 3 is 1.24 bits per heavy atom. The zero-order valence-corrected chi connectivity index (χ0v) is 33.6. The number of hydrogen-bond acceptors (Lipinski definition) is 4. The first-order valence-electron chi connectivity index (χ1n) is 17.9. The minimum absolute atomic E-state index is 0.0198. The number of rotatable bonds is 8. The van der Waals surface area contributed by atoms with Crippen LogP contribution in [0.2, 0.25) is 30.1 Å². The lowest BCUT2D eigenvalue weighted by molar-refractivity contribution is 0.0300. The first-order valence-corrected chi connectivity index (χ1v) is 20.2. The molecular formula is C44H34Cl6N2O2. The summed E-state index contributed by atoms with van der Waals surface area (Å²) in [7, 11) is 0. The van der Waals surface area contributed by atoms with Gasteiger partial charge in [0.2, 0.25) is 0 Å². The second kappa shape index (κ2) is 15.5. The van der Waals surface area contributed by atoms with Gasteiger partial charge in [-0.1, -0.05) is 118 Å². The van der Waals surface area contributed by atoms with Crippen molar-refractivity contribution in [3.05, 3.63) is 173 Å². The van der Waals surface area contributed by atoms with E-state index in [-0.39, 0.29) is 25.7 Å². The Morgan fingerprint density at radius 2 is 0.852 bits per heavy atom. The lowest BCUT2D eigenvalue weighted by Crippen LogP contribution is -2.23. The van der Waals surface area contributed by atoms with Crippen molar-refractivity contribution in [1.29, 1.82) is 0 Å². The maximum atomic E-state index is 14.1. The second-order valence-corrected chi connectivity index (χ2v) is 16.2. The molecule has 0 spiro atoms. The van der Waals surface area contributed by atoms with Gasteiger partial charge in [0.15, 0.2) is 5.60 Å². The molecule has 10 heteroatoms. The van der Waals surface area contributed by atoms with Gasteiger partial charge in [0.25, 0.3) is 0 Å². The van der Waals surface area contributed by atoms with Crippen molar-refractivity contribution >= 4 is 98.1 Å². The monoisotopic (exact) mass is 832 g/mol. The summed E-state index contributed by atoms with van der Waals surface area (Å²) in [6.45, 7) is 4.09. The highest BCUT2D eigenvalue weighted by Crippen LogP contribution is 2.53. The van der Waals surface area contributed by atoms with Crippen molar-refractivity contribution in [3.8, 4) is 0 Å². The van der Waals surface area contributed by atoms with Crippen molar-refractivity contribution in [3.63, 3.8) is 0 Å². The van der Waals surface area contributed by atoms with Crippen molar-refractivity contribution in [1.82, 2.24) is 0 Å². The quantitative estimate of drug-likeness (QED) is 0.0886. The fraction of sp³-hybridized carbons (Fsp3) is 0.205. The fourth-order valence-corrected chi connectivity index (χ4v) is 9.03. The van der Waals surface area contributed by atoms with Gasteiger partial charge in [-0.2, -0.15) is 0 Å². The summed E-state index contributed by atoms with van der Waals surface area (Å²) in [5.41, 5.74) is 6.06. The summed E-state index contributed by atoms with van der Waals surface area (Å²) in [6.07, 6.45) is 8.53. The largest absolute Gasteiger partial charge is 0.442 e. The molecule has 3 heterocycles. The number of carbonyl (C=O) groups excluding carboxylic acids is 1. The number of hydrogen-bond donors (Lipinski definition) is 0. The lowest BCUT2D eigenvalue weighted by Gasteiger charge is -2.27. The van der Waals surface area contributed by atoms with E-state index in [4.69, 9.17) is 74.3 Å². The summed E-state index contributed by atoms with van der Waals surface area (Å²) in [5, 5.41) is 1.23. The van der Waals surface area contributed by atoms with Gasteiger partial charge in [-0.3, -0.25) is 0 Å². The lowest BCUT2D eigenvalue weighted by atomic mass is 9.83. The second-order valence-electron chi connectivity index (χ2n) is 13.8. The topological polar surface area (TPSA) is 32.8 Å². The zero-order valence-electron chi connectivity index (χ0n) is 29.0. The average molecular weight is 835 g/mol. The Balaban J connectivity index is 1.40. The van der Waals surface area contributed by atoms with E-state index < -0.39 is 11.6 Å². The Morgan fingerprint density at radius 1 is 0.500 bits per heavy atom. The van der Waals surface area contributed by atoms with E-state index in [0.717, 1.165) is 71.0 Å². The number of esters is 1. The molecule has 0 N–H and O–H groups in total. The molecule has 8 rings (SSSR count). The maximum Gasteiger partial charge on any atom is 0.341 e. The molecule has 0 saturated carbocycles. The van der Waals surface area contributed by atoms with Gasteiger partial charge < -0.3 is 14.5 Å². The summed E-state index contributed by atoms with van der Waals surface area (Å²) in [4.78, 5) is 18.9.